The predicted octanol–water partition coefficient (Wildman–Crippen LogP) is 2.73. The SMILES string of the molecule is CCC(=O)CCCCCNC(=O)NCCCCC(NC(=O)CNC(=O)C(CCSC)NC(=O)c1ccc(CNC(C)C)cc1)C(=O)O. The molecular weight excluding hydrogens is 624 g/mol. The minimum atomic E-state index is -1.20. The van der Waals surface area contributed by atoms with E-state index in [-0.39, 0.29) is 18.2 Å². The lowest BCUT2D eigenvalue weighted by Crippen LogP contribution is -2.51. The largest absolute Gasteiger partial charge is 0.480 e. The molecular formula is C33H54N6O7S. The van der Waals surface area contributed by atoms with Gasteiger partial charge < -0.3 is 37.0 Å². The molecule has 5 amide bonds. The Kier molecular flexibility index (Phi) is 21.6. The van der Waals surface area contributed by atoms with Crippen LogP contribution < -0.4 is 31.9 Å². The van der Waals surface area contributed by atoms with E-state index in [1.54, 1.807) is 12.1 Å². The Hall–Kier alpha value is -3.65. The fourth-order valence-electron chi connectivity index (χ4n) is 4.38. The normalized spacial score (nSPS) is 12.1. The minimum absolute atomic E-state index is 0.146. The van der Waals surface area contributed by atoms with Crippen molar-refractivity contribution in [1.82, 2.24) is 31.9 Å². The zero-order chi connectivity index (χ0) is 35.0. The van der Waals surface area contributed by atoms with Crippen LogP contribution >= 0.6 is 11.8 Å². The van der Waals surface area contributed by atoms with Gasteiger partial charge in [0.2, 0.25) is 11.8 Å². The maximum atomic E-state index is 12.9. The number of amides is 5. The smallest absolute Gasteiger partial charge is 0.326 e. The Morgan fingerprint density at radius 1 is 0.809 bits per heavy atom. The molecule has 47 heavy (non-hydrogen) atoms. The van der Waals surface area contributed by atoms with Crippen molar-refractivity contribution >= 4 is 47.3 Å². The third-order valence-electron chi connectivity index (χ3n) is 7.24. The molecule has 0 saturated heterocycles. The highest BCUT2D eigenvalue weighted by Gasteiger charge is 2.23. The summed E-state index contributed by atoms with van der Waals surface area (Å²) in [6.07, 6.45) is 6.90. The highest BCUT2D eigenvalue weighted by molar-refractivity contribution is 7.98. The first-order valence-electron chi connectivity index (χ1n) is 16.4. The van der Waals surface area contributed by atoms with E-state index in [0.29, 0.717) is 69.1 Å². The summed E-state index contributed by atoms with van der Waals surface area (Å²) >= 11 is 1.52. The van der Waals surface area contributed by atoms with Gasteiger partial charge in [-0.3, -0.25) is 19.2 Å². The Morgan fingerprint density at radius 2 is 1.47 bits per heavy atom. The molecule has 0 aliphatic heterocycles. The van der Waals surface area contributed by atoms with E-state index >= 15 is 0 Å². The molecule has 7 N–H and O–H groups in total. The average molecular weight is 679 g/mol. The van der Waals surface area contributed by atoms with Crippen LogP contribution in [0.25, 0.3) is 0 Å². The minimum Gasteiger partial charge on any atom is -0.480 e. The van der Waals surface area contributed by atoms with Gasteiger partial charge in [-0.2, -0.15) is 11.8 Å². The topological polar surface area (TPSA) is 195 Å². The number of hydrogen-bond acceptors (Lipinski definition) is 8. The molecule has 264 valence electrons. The van der Waals surface area contributed by atoms with Gasteiger partial charge in [0.15, 0.2) is 0 Å². The molecule has 1 rings (SSSR count). The molecule has 1 aromatic rings. The van der Waals surface area contributed by atoms with Crippen molar-refractivity contribution in [2.45, 2.75) is 103 Å². The summed E-state index contributed by atoms with van der Waals surface area (Å²) in [4.78, 5) is 73.2. The number of benzene rings is 1. The van der Waals surface area contributed by atoms with Gasteiger partial charge in [0.05, 0.1) is 6.54 Å². The average Bonchev–Trinajstić information content (AvgIpc) is 3.05. The number of carboxylic acid groups (broad SMARTS) is 1. The van der Waals surface area contributed by atoms with Crippen LogP contribution in [0.5, 0.6) is 0 Å². The van der Waals surface area contributed by atoms with Gasteiger partial charge in [-0.1, -0.05) is 39.3 Å². The highest BCUT2D eigenvalue weighted by Crippen LogP contribution is 2.08. The molecule has 0 aliphatic rings. The lowest BCUT2D eigenvalue weighted by atomic mass is 10.1. The number of carboxylic acids is 1. The number of nitrogens with one attached hydrogen (secondary N) is 6. The van der Waals surface area contributed by atoms with Gasteiger partial charge in [0.25, 0.3) is 5.91 Å². The molecule has 13 nitrogen and oxygen atoms in total. The standard InChI is InChI=1S/C33H54N6O7S/c1-5-26(40)11-7-6-9-18-34-33(46)35-19-10-8-12-28(32(44)45)38-29(41)22-37-31(43)27(17-20-47-4)39-30(42)25-15-13-24(14-16-25)21-36-23(2)3/h13-16,23,27-28,36H,5-12,17-22H2,1-4H3,(H,37,43)(H,38,41)(H,39,42)(H,44,45)(H2,34,35,46). The van der Waals surface area contributed by atoms with Crippen LogP contribution in [0, 0.1) is 0 Å². The first-order valence-corrected chi connectivity index (χ1v) is 17.8. The molecule has 0 fully saturated rings. The van der Waals surface area contributed by atoms with Crippen LogP contribution in [0.4, 0.5) is 4.79 Å². The summed E-state index contributed by atoms with van der Waals surface area (Å²) < 4.78 is 0. The van der Waals surface area contributed by atoms with E-state index in [2.05, 4.69) is 31.9 Å². The van der Waals surface area contributed by atoms with Crippen molar-refractivity contribution in [2.24, 2.45) is 0 Å². The number of ketones is 1. The molecule has 2 unspecified atom stereocenters. The van der Waals surface area contributed by atoms with Crippen LogP contribution in [-0.4, -0.2) is 90.4 Å². The summed E-state index contributed by atoms with van der Waals surface area (Å²) in [6.45, 7) is 7.02. The number of Topliss-reactive ketones (excluding diaryl/α,β-unsaturated/α-hetero) is 1. The van der Waals surface area contributed by atoms with Crippen molar-refractivity contribution in [3.63, 3.8) is 0 Å². The Morgan fingerprint density at radius 3 is 2.06 bits per heavy atom. The lowest BCUT2D eigenvalue weighted by Gasteiger charge is -2.19. The summed E-state index contributed by atoms with van der Waals surface area (Å²) in [6, 6.07) is 5.08. The molecule has 0 aliphatic carbocycles. The van der Waals surface area contributed by atoms with E-state index in [9.17, 15) is 33.9 Å². The number of unbranched alkanes of at least 4 members (excludes halogenated alkanes) is 3. The quantitative estimate of drug-likeness (QED) is 0.0761. The van der Waals surface area contributed by atoms with Crippen molar-refractivity contribution in [2.75, 3.05) is 31.6 Å². The Balaban J connectivity index is 2.43. The van der Waals surface area contributed by atoms with Gasteiger partial charge in [0, 0.05) is 44.1 Å². The van der Waals surface area contributed by atoms with E-state index in [4.69, 9.17) is 0 Å². The van der Waals surface area contributed by atoms with Crippen LogP contribution in [0.3, 0.4) is 0 Å². The Bertz CT molecular complexity index is 1130. The zero-order valence-corrected chi connectivity index (χ0v) is 29.1. The molecule has 0 radical (unpaired) electrons. The number of rotatable bonds is 25. The fourth-order valence-corrected chi connectivity index (χ4v) is 4.85. The van der Waals surface area contributed by atoms with Gasteiger partial charge in [-0.25, -0.2) is 9.59 Å². The van der Waals surface area contributed by atoms with Crippen LogP contribution in [0.15, 0.2) is 24.3 Å². The number of hydrogen-bond donors (Lipinski definition) is 7. The maximum Gasteiger partial charge on any atom is 0.326 e. The monoisotopic (exact) mass is 678 g/mol. The molecule has 14 heteroatoms. The molecule has 0 bridgehead atoms. The zero-order valence-electron chi connectivity index (χ0n) is 28.2. The first-order chi connectivity index (χ1) is 22.5. The van der Waals surface area contributed by atoms with E-state index in [1.807, 2.05) is 39.2 Å². The molecule has 0 heterocycles. The molecule has 0 spiro atoms. The number of carbonyl (C=O) groups is 6. The summed E-state index contributed by atoms with van der Waals surface area (Å²) in [7, 11) is 0. The maximum absolute atomic E-state index is 12.9. The third kappa shape index (κ3) is 19.6. The van der Waals surface area contributed by atoms with Crippen LogP contribution in [-0.2, 0) is 25.7 Å². The molecule has 0 aromatic heterocycles. The Labute approximate surface area is 282 Å². The highest BCUT2D eigenvalue weighted by atomic mass is 32.2. The van der Waals surface area contributed by atoms with Gasteiger partial charge in [-0.15, -0.1) is 0 Å². The second-order valence-electron chi connectivity index (χ2n) is 11.6. The van der Waals surface area contributed by atoms with Crippen molar-refractivity contribution in [3.8, 4) is 0 Å². The van der Waals surface area contributed by atoms with Crippen molar-refractivity contribution in [1.29, 1.82) is 0 Å². The summed E-state index contributed by atoms with van der Waals surface area (Å²) in [5, 5.41) is 26.0. The van der Waals surface area contributed by atoms with Crippen LogP contribution in [0.2, 0.25) is 0 Å². The number of carbonyl (C=O) groups excluding carboxylic acids is 5. The molecule has 0 saturated carbocycles. The number of urea groups is 1. The first kappa shape index (κ1) is 41.4. The molecule has 2 atom stereocenters. The second kappa shape index (κ2) is 24.5. The van der Waals surface area contributed by atoms with Gasteiger partial charge in [-0.05, 0) is 68.2 Å². The van der Waals surface area contributed by atoms with Crippen molar-refractivity contribution < 1.29 is 33.9 Å². The van der Waals surface area contributed by atoms with Gasteiger partial charge in [0.1, 0.15) is 17.9 Å². The van der Waals surface area contributed by atoms with E-state index in [0.717, 1.165) is 24.8 Å². The van der Waals surface area contributed by atoms with Crippen molar-refractivity contribution in [3.05, 3.63) is 35.4 Å². The van der Waals surface area contributed by atoms with Gasteiger partial charge >= 0.3 is 12.0 Å². The van der Waals surface area contributed by atoms with Crippen LogP contribution in [0.1, 0.15) is 94.5 Å². The fraction of sp³-hybridized carbons (Fsp3) is 0.636. The third-order valence-corrected chi connectivity index (χ3v) is 7.88. The predicted molar refractivity (Wildman–Crippen MR) is 184 cm³/mol. The van der Waals surface area contributed by atoms with E-state index < -0.39 is 42.3 Å². The summed E-state index contributed by atoms with van der Waals surface area (Å²) in [5.41, 5.74) is 1.43. The molecule has 1 aromatic carbocycles. The second-order valence-corrected chi connectivity index (χ2v) is 12.6. The number of thioether (sulfide) groups is 1. The van der Waals surface area contributed by atoms with E-state index in [1.165, 1.54) is 11.8 Å². The lowest BCUT2D eigenvalue weighted by molar-refractivity contribution is -0.142. The summed E-state index contributed by atoms with van der Waals surface area (Å²) in [5.74, 6) is -1.97. The number of aliphatic carboxylic acids is 1.